The van der Waals surface area contributed by atoms with E-state index in [4.69, 9.17) is 9.15 Å². The summed E-state index contributed by atoms with van der Waals surface area (Å²) in [6.07, 6.45) is 0.175. The highest BCUT2D eigenvalue weighted by atomic mass is 16.5. The number of amides is 1. The van der Waals surface area contributed by atoms with Gasteiger partial charge in [0.15, 0.2) is 6.10 Å². The molecule has 0 N–H and O–H groups in total. The molecular formula is C27H23NO4. The highest BCUT2D eigenvalue weighted by Gasteiger charge is 2.29. The summed E-state index contributed by atoms with van der Waals surface area (Å²) in [4.78, 5) is 27.9. The summed E-state index contributed by atoms with van der Waals surface area (Å²) in [5, 5.41) is 0.481. The standard InChI is InChI=1S/C27H23NO4/c1-17-25(20-9-4-3-5-10-20)26(29)22-13-12-21(16-24(22)32-17)31-18(2)27(30)28-15-14-19-8-6-7-11-23(19)28/h3-13,16,18H,14-15H2,1-2H3/t18-/m0/s1. The zero-order valence-corrected chi connectivity index (χ0v) is 18.0. The maximum atomic E-state index is 13.1. The van der Waals surface area contributed by atoms with Crippen molar-refractivity contribution in [1.29, 1.82) is 0 Å². The van der Waals surface area contributed by atoms with Crippen LogP contribution in [0.2, 0.25) is 0 Å². The topological polar surface area (TPSA) is 59.8 Å². The second kappa shape index (κ2) is 8.00. The third-order valence-corrected chi connectivity index (χ3v) is 5.92. The number of rotatable bonds is 4. The van der Waals surface area contributed by atoms with Crippen molar-refractivity contribution in [2.45, 2.75) is 26.4 Å². The Bertz CT molecular complexity index is 1370. The summed E-state index contributed by atoms with van der Waals surface area (Å²) in [5.41, 5.74) is 3.86. The molecule has 0 bridgehead atoms. The first kappa shape index (κ1) is 20.1. The fourth-order valence-electron chi connectivity index (χ4n) is 4.34. The molecule has 160 valence electrons. The molecule has 0 spiro atoms. The summed E-state index contributed by atoms with van der Waals surface area (Å²) in [5.74, 6) is 0.941. The Kier molecular flexibility index (Phi) is 5.02. The van der Waals surface area contributed by atoms with Crippen molar-refractivity contribution in [2.75, 3.05) is 11.4 Å². The second-order valence-electron chi connectivity index (χ2n) is 8.02. The third-order valence-electron chi connectivity index (χ3n) is 5.92. The quantitative estimate of drug-likeness (QED) is 0.455. The van der Waals surface area contributed by atoms with Crippen LogP contribution < -0.4 is 15.1 Å². The summed E-state index contributed by atoms with van der Waals surface area (Å²) in [6, 6.07) is 22.5. The van der Waals surface area contributed by atoms with Crippen molar-refractivity contribution in [1.82, 2.24) is 0 Å². The minimum absolute atomic E-state index is 0.0840. The minimum Gasteiger partial charge on any atom is -0.481 e. The van der Waals surface area contributed by atoms with Gasteiger partial charge in [-0.05, 0) is 49.6 Å². The molecular weight excluding hydrogens is 402 g/mol. The molecule has 0 saturated carbocycles. The number of aryl methyl sites for hydroxylation is 1. The molecule has 1 amide bonds. The number of hydrogen-bond acceptors (Lipinski definition) is 4. The minimum atomic E-state index is -0.671. The third kappa shape index (κ3) is 3.46. The van der Waals surface area contributed by atoms with Crippen LogP contribution in [-0.2, 0) is 11.2 Å². The van der Waals surface area contributed by atoms with E-state index in [2.05, 4.69) is 0 Å². The van der Waals surface area contributed by atoms with E-state index >= 15 is 0 Å². The van der Waals surface area contributed by atoms with E-state index in [0.29, 0.717) is 34.6 Å². The maximum Gasteiger partial charge on any atom is 0.267 e. The van der Waals surface area contributed by atoms with Gasteiger partial charge in [0.05, 0.1) is 10.9 Å². The lowest BCUT2D eigenvalue weighted by molar-refractivity contribution is -0.124. The molecule has 0 saturated heterocycles. The largest absolute Gasteiger partial charge is 0.481 e. The van der Waals surface area contributed by atoms with E-state index in [-0.39, 0.29) is 11.3 Å². The molecule has 5 rings (SSSR count). The number of carbonyl (C=O) groups is 1. The predicted octanol–water partition coefficient (Wildman–Crippen LogP) is 5.13. The van der Waals surface area contributed by atoms with E-state index in [9.17, 15) is 9.59 Å². The van der Waals surface area contributed by atoms with Crippen LogP contribution >= 0.6 is 0 Å². The van der Waals surface area contributed by atoms with Crippen molar-refractivity contribution in [3.8, 4) is 16.9 Å². The van der Waals surface area contributed by atoms with E-state index < -0.39 is 6.10 Å². The van der Waals surface area contributed by atoms with Crippen LogP contribution in [0.15, 0.2) is 82.0 Å². The van der Waals surface area contributed by atoms with Crippen LogP contribution in [0.5, 0.6) is 5.75 Å². The average Bonchev–Trinajstić information content (AvgIpc) is 3.23. The zero-order valence-electron chi connectivity index (χ0n) is 18.0. The molecule has 0 unspecified atom stereocenters. The van der Waals surface area contributed by atoms with Crippen LogP contribution in [-0.4, -0.2) is 18.6 Å². The Morgan fingerprint density at radius 2 is 1.78 bits per heavy atom. The Balaban J connectivity index is 1.42. The van der Waals surface area contributed by atoms with Crippen molar-refractivity contribution >= 4 is 22.6 Å². The van der Waals surface area contributed by atoms with Gasteiger partial charge in [-0.15, -0.1) is 0 Å². The number of hydrogen-bond donors (Lipinski definition) is 0. The molecule has 0 fully saturated rings. The first-order valence-corrected chi connectivity index (χ1v) is 10.7. The number of para-hydroxylation sites is 1. The summed E-state index contributed by atoms with van der Waals surface area (Å²) < 4.78 is 11.9. The lowest BCUT2D eigenvalue weighted by atomic mass is 10.0. The van der Waals surface area contributed by atoms with Gasteiger partial charge >= 0.3 is 0 Å². The first-order chi connectivity index (χ1) is 15.5. The Morgan fingerprint density at radius 3 is 2.59 bits per heavy atom. The van der Waals surface area contributed by atoms with E-state index in [0.717, 1.165) is 17.7 Å². The molecule has 5 heteroatoms. The number of ether oxygens (including phenoxy) is 1. The van der Waals surface area contributed by atoms with Crippen molar-refractivity contribution < 1.29 is 13.9 Å². The highest BCUT2D eigenvalue weighted by molar-refractivity contribution is 5.98. The van der Waals surface area contributed by atoms with E-state index in [1.807, 2.05) is 54.6 Å². The SMILES string of the molecule is Cc1oc2cc(O[C@@H](C)C(=O)N3CCc4ccccc43)ccc2c(=O)c1-c1ccccc1. The van der Waals surface area contributed by atoms with Crippen molar-refractivity contribution in [2.24, 2.45) is 0 Å². The van der Waals surface area contributed by atoms with E-state index in [1.165, 1.54) is 5.56 Å². The van der Waals surface area contributed by atoms with E-state index in [1.54, 1.807) is 36.9 Å². The van der Waals surface area contributed by atoms with Gasteiger partial charge < -0.3 is 14.1 Å². The van der Waals surface area contributed by atoms with Crippen molar-refractivity contribution in [3.63, 3.8) is 0 Å². The molecule has 1 aliphatic heterocycles. The molecule has 1 aromatic heterocycles. The molecule has 0 aliphatic carbocycles. The maximum absolute atomic E-state index is 13.1. The van der Waals surface area contributed by atoms with Crippen LogP contribution in [0.4, 0.5) is 5.69 Å². The Morgan fingerprint density at radius 1 is 1.03 bits per heavy atom. The summed E-state index contributed by atoms with van der Waals surface area (Å²) >= 11 is 0. The van der Waals surface area contributed by atoms with Gasteiger partial charge in [0.2, 0.25) is 5.43 Å². The molecule has 3 aromatic carbocycles. The molecule has 1 aliphatic rings. The summed E-state index contributed by atoms with van der Waals surface area (Å²) in [6.45, 7) is 4.18. The highest BCUT2D eigenvalue weighted by Crippen LogP contribution is 2.30. The first-order valence-electron chi connectivity index (χ1n) is 10.7. The molecule has 0 radical (unpaired) electrons. The second-order valence-corrected chi connectivity index (χ2v) is 8.02. The molecule has 32 heavy (non-hydrogen) atoms. The van der Waals surface area contributed by atoms with Crippen LogP contribution in [0.1, 0.15) is 18.2 Å². The Hall–Kier alpha value is -3.86. The van der Waals surface area contributed by atoms with Gasteiger partial charge in [-0.1, -0.05) is 48.5 Å². The lowest BCUT2D eigenvalue weighted by Gasteiger charge is -2.22. The molecule has 5 nitrogen and oxygen atoms in total. The fourth-order valence-corrected chi connectivity index (χ4v) is 4.34. The van der Waals surface area contributed by atoms with Gasteiger partial charge in [-0.3, -0.25) is 9.59 Å². The van der Waals surface area contributed by atoms with Gasteiger partial charge in [0.25, 0.3) is 5.91 Å². The number of carbonyl (C=O) groups excluding carboxylic acids is 1. The molecule has 1 atom stereocenters. The predicted molar refractivity (Wildman–Crippen MR) is 125 cm³/mol. The van der Waals surface area contributed by atoms with Crippen molar-refractivity contribution in [3.05, 3.63) is 94.3 Å². The monoisotopic (exact) mass is 425 g/mol. The molecule has 4 aromatic rings. The zero-order chi connectivity index (χ0) is 22.2. The number of fused-ring (bicyclic) bond motifs is 2. The summed E-state index contributed by atoms with van der Waals surface area (Å²) in [7, 11) is 0. The van der Waals surface area contributed by atoms with Gasteiger partial charge in [-0.2, -0.15) is 0 Å². The van der Waals surface area contributed by atoms with Gasteiger partial charge in [0.1, 0.15) is 17.1 Å². The normalized spacial score (nSPS) is 13.8. The van der Waals surface area contributed by atoms with Crippen LogP contribution in [0, 0.1) is 6.92 Å². The smallest absolute Gasteiger partial charge is 0.267 e. The average molecular weight is 425 g/mol. The molecule has 2 heterocycles. The Labute approximate surface area is 185 Å². The van der Waals surface area contributed by atoms with Gasteiger partial charge in [0, 0.05) is 18.3 Å². The van der Waals surface area contributed by atoms with Crippen LogP contribution in [0.25, 0.3) is 22.1 Å². The number of nitrogens with zero attached hydrogens (tertiary/aromatic N) is 1. The lowest BCUT2D eigenvalue weighted by Crippen LogP contribution is -2.39. The van der Waals surface area contributed by atoms with Gasteiger partial charge in [-0.25, -0.2) is 0 Å². The fraction of sp³-hybridized carbons (Fsp3) is 0.185. The number of benzene rings is 3. The number of anilines is 1. The van der Waals surface area contributed by atoms with Crippen LogP contribution in [0.3, 0.4) is 0 Å².